The lowest BCUT2D eigenvalue weighted by atomic mass is 10.1. The maximum atomic E-state index is 11.9. The van der Waals surface area contributed by atoms with Crippen molar-refractivity contribution >= 4 is 29.0 Å². The molecule has 0 aromatic carbocycles. The third-order valence-electron chi connectivity index (χ3n) is 2.63. The van der Waals surface area contributed by atoms with Crippen molar-refractivity contribution in [1.82, 2.24) is 4.98 Å². The van der Waals surface area contributed by atoms with Crippen LogP contribution in [0.25, 0.3) is 0 Å². The molecule has 5 nitrogen and oxygen atoms in total. The Morgan fingerprint density at radius 3 is 2.43 bits per heavy atom. The summed E-state index contributed by atoms with van der Waals surface area (Å²) in [4.78, 5) is 29.4. The highest BCUT2D eigenvalue weighted by molar-refractivity contribution is 6.33. The number of anilines is 1. The highest BCUT2D eigenvalue weighted by Gasteiger charge is 2.21. The number of Topliss-reactive ketones (excluding diaryl/α,β-unsaturated/α-hetero) is 1. The number of rotatable bonds is 4. The van der Waals surface area contributed by atoms with Crippen molar-refractivity contribution in [1.29, 1.82) is 0 Å². The van der Waals surface area contributed by atoms with Crippen LogP contribution in [0.1, 0.15) is 43.7 Å². The van der Waals surface area contributed by atoms with E-state index in [1.807, 2.05) is 0 Å². The van der Waals surface area contributed by atoms with Crippen molar-refractivity contribution in [3.8, 4) is 0 Å². The minimum Gasteiger partial charge on any atom is -0.459 e. The van der Waals surface area contributed by atoms with E-state index in [4.69, 9.17) is 16.3 Å². The van der Waals surface area contributed by atoms with Gasteiger partial charge in [-0.1, -0.05) is 11.6 Å². The SMILES string of the molecule is CC(=O)c1c(N(C)CC(=O)OC(C)(C)C)cc(C)nc1Cl. The van der Waals surface area contributed by atoms with Crippen molar-refractivity contribution in [2.45, 2.75) is 40.2 Å². The molecular weight excluding hydrogens is 292 g/mol. The molecule has 1 heterocycles. The summed E-state index contributed by atoms with van der Waals surface area (Å²) in [6, 6.07) is 1.73. The van der Waals surface area contributed by atoms with Crippen LogP contribution in [0, 0.1) is 6.92 Å². The Kier molecular flexibility index (Phi) is 5.34. The Balaban J connectivity index is 3.05. The molecule has 116 valence electrons. The summed E-state index contributed by atoms with van der Waals surface area (Å²) in [6.07, 6.45) is 0. The molecule has 0 fully saturated rings. The summed E-state index contributed by atoms with van der Waals surface area (Å²) in [5, 5.41) is 0.147. The monoisotopic (exact) mass is 312 g/mol. The average molecular weight is 313 g/mol. The molecule has 0 aliphatic carbocycles. The number of pyridine rings is 1. The summed E-state index contributed by atoms with van der Waals surface area (Å²) in [5.41, 5.74) is 1.02. The molecule has 0 spiro atoms. The summed E-state index contributed by atoms with van der Waals surface area (Å²) >= 11 is 6.04. The molecular formula is C15H21ClN2O3. The first-order valence-electron chi connectivity index (χ1n) is 6.62. The van der Waals surface area contributed by atoms with E-state index in [0.717, 1.165) is 0 Å². The quantitative estimate of drug-likeness (QED) is 0.486. The van der Waals surface area contributed by atoms with Crippen LogP contribution in [-0.2, 0) is 9.53 Å². The highest BCUT2D eigenvalue weighted by Crippen LogP contribution is 2.27. The van der Waals surface area contributed by atoms with Crippen LogP contribution in [0.5, 0.6) is 0 Å². The van der Waals surface area contributed by atoms with Gasteiger partial charge < -0.3 is 9.64 Å². The zero-order valence-electron chi connectivity index (χ0n) is 13.3. The van der Waals surface area contributed by atoms with E-state index in [9.17, 15) is 9.59 Å². The van der Waals surface area contributed by atoms with E-state index in [1.54, 1.807) is 45.7 Å². The van der Waals surface area contributed by atoms with Crippen molar-refractivity contribution in [3.05, 3.63) is 22.5 Å². The van der Waals surface area contributed by atoms with Crippen LogP contribution in [0.2, 0.25) is 5.15 Å². The maximum absolute atomic E-state index is 11.9. The van der Waals surface area contributed by atoms with Crippen LogP contribution in [0.15, 0.2) is 6.07 Å². The van der Waals surface area contributed by atoms with E-state index in [-0.39, 0.29) is 23.5 Å². The number of esters is 1. The molecule has 0 aliphatic rings. The summed E-state index contributed by atoms with van der Waals surface area (Å²) < 4.78 is 5.28. The molecule has 0 unspecified atom stereocenters. The Bertz CT molecular complexity index is 565. The number of hydrogen-bond acceptors (Lipinski definition) is 5. The average Bonchev–Trinajstić information content (AvgIpc) is 2.23. The van der Waals surface area contributed by atoms with Crippen molar-refractivity contribution < 1.29 is 14.3 Å². The van der Waals surface area contributed by atoms with E-state index < -0.39 is 5.60 Å². The molecule has 21 heavy (non-hydrogen) atoms. The standard InChI is InChI=1S/C15H21ClN2O3/c1-9-7-11(13(10(2)19)14(16)17-9)18(6)8-12(20)21-15(3,4)5/h7H,8H2,1-6H3. The van der Waals surface area contributed by atoms with Gasteiger partial charge in [0.15, 0.2) is 5.78 Å². The Morgan fingerprint density at radius 2 is 1.95 bits per heavy atom. The maximum Gasteiger partial charge on any atom is 0.326 e. The van der Waals surface area contributed by atoms with Crippen LogP contribution in [0.4, 0.5) is 5.69 Å². The number of carbonyl (C=O) groups is 2. The Labute approximate surface area is 130 Å². The van der Waals surface area contributed by atoms with Crippen molar-refractivity contribution in [3.63, 3.8) is 0 Å². The van der Waals surface area contributed by atoms with Gasteiger partial charge >= 0.3 is 5.97 Å². The van der Waals surface area contributed by atoms with Gasteiger partial charge in [-0.15, -0.1) is 0 Å². The smallest absolute Gasteiger partial charge is 0.326 e. The van der Waals surface area contributed by atoms with Gasteiger partial charge in [0.2, 0.25) is 0 Å². The lowest BCUT2D eigenvalue weighted by Crippen LogP contribution is -2.33. The fraction of sp³-hybridized carbons (Fsp3) is 0.533. The third-order valence-corrected chi connectivity index (χ3v) is 2.91. The highest BCUT2D eigenvalue weighted by atomic mass is 35.5. The Morgan fingerprint density at radius 1 is 1.38 bits per heavy atom. The lowest BCUT2D eigenvalue weighted by molar-refractivity contribution is -0.152. The molecule has 0 N–H and O–H groups in total. The largest absolute Gasteiger partial charge is 0.459 e. The van der Waals surface area contributed by atoms with E-state index in [0.29, 0.717) is 16.9 Å². The van der Waals surface area contributed by atoms with Gasteiger partial charge in [-0.25, -0.2) is 4.98 Å². The second-order valence-corrected chi connectivity index (χ2v) is 6.31. The normalized spacial score (nSPS) is 11.2. The first-order valence-corrected chi connectivity index (χ1v) is 7.00. The van der Waals surface area contributed by atoms with Gasteiger partial charge in [0.25, 0.3) is 0 Å². The van der Waals surface area contributed by atoms with Gasteiger partial charge in [0.05, 0.1) is 11.3 Å². The van der Waals surface area contributed by atoms with Crippen molar-refractivity contribution in [2.75, 3.05) is 18.5 Å². The van der Waals surface area contributed by atoms with Crippen LogP contribution in [-0.4, -0.2) is 35.9 Å². The van der Waals surface area contributed by atoms with E-state index in [1.165, 1.54) is 6.92 Å². The molecule has 0 bridgehead atoms. The van der Waals surface area contributed by atoms with E-state index >= 15 is 0 Å². The summed E-state index contributed by atoms with van der Waals surface area (Å²) in [7, 11) is 1.71. The van der Waals surface area contributed by atoms with Gasteiger partial charge in [-0.2, -0.15) is 0 Å². The number of carbonyl (C=O) groups excluding carboxylic acids is 2. The van der Waals surface area contributed by atoms with Gasteiger partial charge in [-0.3, -0.25) is 9.59 Å². The second-order valence-electron chi connectivity index (χ2n) is 5.95. The lowest BCUT2D eigenvalue weighted by Gasteiger charge is -2.25. The molecule has 0 aliphatic heterocycles. The fourth-order valence-electron chi connectivity index (χ4n) is 1.90. The minimum absolute atomic E-state index is 0.0251. The van der Waals surface area contributed by atoms with Crippen molar-refractivity contribution in [2.24, 2.45) is 0 Å². The zero-order chi connectivity index (χ0) is 16.4. The molecule has 0 saturated heterocycles. The Hall–Kier alpha value is -1.62. The molecule has 6 heteroatoms. The fourth-order valence-corrected chi connectivity index (χ4v) is 2.26. The van der Waals surface area contributed by atoms with Crippen LogP contribution < -0.4 is 4.90 Å². The second kappa shape index (κ2) is 6.43. The molecule has 0 amide bonds. The number of hydrogen-bond donors (Lipinski definition) is 0. The third kappa shape index (κ3) is 5.01. The number of aryl methyl sites for hydroxylation is 1. The van der Waals surface area contributed by atoms with E-state index in [2.05, 4.69) is 4.98 Å². The molecule has 1 aromatic rings. The van der Waals surface area contributed by atoms with Gasteiger partial charge in [-0.05, 0) is 40.7 Å². The van der Waals surface area contributed by atoms with Crippen LogP contribution >= 0.6 is 11.6 Å². The molecule has 0 saturated carbocycles. The minimum atomic E-state index is -0.548. The van der Waals surface area contributed by atoms with Gasteiger partial charge in [0.1, 0.15) is 17.3 Å². The number of nitrogens with zero attached hydrogens (tertiary/aromatic N) is 2. The van der Waals surface area contributed by atoms with Gasteiger partial charge in [0, 0.05) is 12.7 Å². The number of ether oxygens (including phenoxy) is 1. The number of ketones is 1. The first-order chi connectivity index (χ1) is 9.51. The first kappa shape index (κ1) is 17.4. The van der Waals surface area contributed by atoms with Crippen LogP contribution in [0.3, 0.4) is 0 Å². The molecule has 1 aromatic heterocycles. The topological polar surface area (TPSA) is 59.5 Å². The molecule has 0 radical (unpaired) electrons. The summed E-state index contributed by atoms with van der Waals surface area (Å²) in [5.74, 6) is -0.566. The predicted octanol–water partition coefficient (Wildman–Crippen LogP) is 3.02. The molecule has 1 rings (SSSR count). The number of halogens is 1. The summed E-state index contributed by atoms with van der Waals surface area (Å²) in [6.45, 7) is 8.64. The number of aromatic nitrogens is 1. The molecule has 0 atom stereocenters. The number of likely N-dealkylation sites (N-methyl/N-ethyl adjacent to an activating group) is 1. The zero-order valence-corrected chi connectivity index (χ0v) is 14.0. The predicted molar refractivity (Wildman–Crippen MR) is 83.1 cm³/mol.